The molecule has 2 rings (SSSR count). The van der Waals surface area contributed by atoms with Crippen molar-refractivity contribution in [2.24, 2.45) is 0 Å². The number of halogens is 3. The van der Waals surface area contributed by atoms with Crippen LogP contribution in [0, 0.1) is 0 Å². The molecule has 0 heterocycles. The third-order valence-corrected chi connectivity index (χ3v) is 2.47. The standard InChI is InChI=1S/C11H12F3NO/c1-16-8-4-5-10(15-7-2-3-7)9(6-8)11(12,13)14/h4-7,15H,2-3H2,1H3. The Morgan fingerprint density at radius 1 is 1.31 bits per heavy atom. The van der Waals surface area contributed by atoms with Crippen molar-refractivity contribution < 1.29 is 17.9 Å². The minimum Gasteiger partial charge on any atom is -0.497 e. The smallest absolute Gasteiger partial charge is 0.418 e. The summed E-state index contributed by atoms with van der Waals surface area (Å²) in [5.41, 5.74) is -0.533. The van der Waals surface area contributed by atoms with Crippen molar-refractivity contribution in [2.45, 2.75) is 25.1 Å². The van der Waals surface area contributed by atoms with E-state index in [0.717, 1.165) is 18.9 Å². The summed E-state index contributed by atoms with van der Waals surface area (Å²) in [7, 11) is 1.35. The molecule has 1 aromatic rings. The summed E-state index contributed by atoms with van der Waals surface area (Å²) >= 11 is 0. The number of hydrogen-bond donors (Lipinski definition) is 1. The summed E-state index contributed by atoms with van der Waals surface area (Å²) in [6.45, 7) is 0. The Morgan fingerprint density at radius 3 is 2.50 bits per heavy atom. The second-order valence-electron chi connectivity index (χ2n) is 3.83. The van der Waals surface area contributed by atoms with Crippen LogP contribution < -0.4 is 10.1 Å². The van der Waals surface area contributed by atoms with Crippen LogP contribution in [0.5, 0.6) is 5.75 Å². The quantitative estimate of drug-likeness (QED) is 0.861. The maximum absolute atomic E-state index is 12.7. The molecule has 1 fully saturated rings. The summed E-state index contributed by atoms with van der Waals surface area (Å²) in [6.07, 6.45) is -2.49. The average Bonchev–Trinajstić information content (AvgIpc) is 3.01. The summed E-state index contributed by atoms with van der Waals surface area (Å²) in [5, 5.41) is 2.87. The number of ether oxygens (including phenoxy) is 1. The molecule has 5 heteroatoms. The molecule has 0 bridgehead atoms. The first-order valence-electron chi connectivity index (χ1n) is 5.02. The van der Waals surface area contributed by atoms with Gasteiger partial charge in [0, 0.05) is 11.7 Å². The van der Waals surface area contributed by atoms with E-state index >= 15 is 0 Å². The maximum Gasteiger partial charge on any atom is 0.418 e. The molecule has 1 aliphatic rings. The molecule has 0 radical (unpaired) electrons. The largest absolute Gasteiger partial charge is 0.497 e. The Hall–Kier alpha value is -1.39. The molecular formula is C11H12F3NO. The van der Waals surface area contributed by atoms with Crippen LogP contribution >= 0.6 is 0 Å². The van der Waals surface area contributed by atoms with Crippen LogP contribution in [-0.4, -0.2) is 13.2 Å². The highest BCUT2D eigenvalue weighted by Crippen LogP contribution is 2.38. The Bertz CT molecular complexity index is 385. The van der Waals surface area contributed by atoms with Gasteiger partial charge in [0.1, 0.15) is 5.75 Å². The van der Waals surface area contributed by atoms with Crippen molar-refractivity contribution in [2.75, 3.05) is 12.4 Å². The lowest BCUT2D eigenvalue weighted by atomic mass is 10.1. The van der Waals surface area contributed by atoms with Crippen molar-refractivity contribution in [3.63, 3.8) is 0 Å². The van der Waals surface area contributed by atoms with Crippen molar-refractivity contribution in [3.8, 4) is 5.75 Å². The molecule has 0 spiro atoms. The van der Waals surface area contributed by atoms with Crippen LogP contribution in [0.3, 0.4) is 0 Å². The number of methoxy groups -OCH3 is 1. The number of alkyl halides is 3. The zero-order valence-electron chi connectivity index (χ0n) is 8.77. The van der Waals surface area contributed by atoms with E-state index < -0.39 is 11.7 Å². The number of rotatable bonds is 3. The van der Waals surface area contributed by atoms with Crippen molar-refractivity contribution in [1.29, 1.82) is 0 Å². The van der Waals surface area contributed by atoms with Crippen molar-refractivity contribution in [1.82, 2.24) is 0 Å². The Labute approximate surface area is 91.4 Å². The van der Waals surface area contributed by atoms with Gasteiger partial charge in [-0.15, -0.1) is 0 Å². The molecule has 2 nitrogen and oxygen atoms in total. The summed E-state index contributed by atoms with van der Waals surface area (Å²) in [6, 6.07) is 4.15. The van der Waals surface area contributed by atoms with Gasteiger partial charge in [0.2, 0.25) is 0 Å². The second kappa shape index (κ2) is 3.88. The molecule has 88 valence electrons. The van der Waals surface area contributed by atoms with Gasteiger partial charge in [-0.25, -0.2) is 0 Å². The van der Waals surface area contributed by atoms with Gasteiger partial charge in [-0.2, -0.15) is 13.2 Å². The van der Waals surface area contributed by atoms with Gasteiger partial charge < -0.3 is 10.1 Å². The number of anilines is 1. The molecule has 0 saturated heterocycles. The highest BCUT2D eigenvalue weighted by Gasteiger charge is 2.35. The van der Waals surface area contributed by atoms with E-state index in [2.05, 4.69) is 5.32 Å². The molecule has 1 N–H and O–H groups in total. The molecule has 0 aromatic heterocycles. The molecule has 16 heavy (non-hydrogen) atoms. The van der Waals surface area contributed by atoms with Crippen LogP contribution in [0.4, 0.5) is 18.9 Å². The van der Waals surface area contributed by atoms with Gasteiger partial charge in [-0.1, -0.05) is 0 Å². The third kappa shape index (κ3) is 2.40. The van der Waals surface area contributed by atoms with E-state index in [0.29, 0.717) is 0 Å². The van der Waals surface area contributed by atoms with Gasteiger partial charge in [0.05, 0.1) is 12.7 Å². The van der Waals surface area contributed by atoms with Crippen molar-refractivity contribution >= 4 is 5.69 Å². The minimum atomic E-state index is -4.36. The van der Waals surface area contributed by atoms with E-state index in [1.165, 1.54) is 19.2 Å². The fourth-order valence-corrected chi connectivity index (χ4v) is 1.46. The van der Waals surface area contributed by atoms with E-state index in [9.17, 15) is 13.2 Å². The zero-order valence-corrected chi connectivity index (χ0v) is 8.77. The average molecular weight is 231 g/mol. The number of nitrogens with one attached hydrogen (secondary N) is 1. The Morgan fingerprint density at radius 2 is 2.00 bits per heavy atom. The van der Waals surface area contributed by atoms with Crippen LogP contribution in [0.2, 0.25) is 0 Å². The van der Waals surface area contributed by atoms with Crippen LogP contribution in [0.1, 0.15) is 18.4 Å². The maximum atomic E-state index is 12.7. The summed E-state index contributed by atoms with van der Waals surface area (Å²) in [5.74, 6) is 0.216. The SMILES string of the molecule is COc1ccc(NC2CC2)c(C(F)(F)F)c1. The van der Waals surface area contributed by atoms with E-state index in [1.807, 2.05) is 0 Å². The lowest BCUT2D eigenvalue weighted by Gasteiger charge is -2.15. The molecular weight excluding hydrogens is 219 g/mol. The van der Waals surface area contributed by atoms with E-state index in [4.69, 9.17) is 4.74 Å². The first-order valence-corrected chi connectivity index (χ1v) is 5.02. The molecule has 1 saturated carbocycles. The van der Waals surface area contributed by atoms with Gasteiger partial charge in [-0.3, -0.25) is 0 Å². The predicted molar refractivity (Wildman–Crippen MR) is 54.6 cm³/mol. The van der Waals surface area contributed by atoms with Crippen molar-refractivity contribution in [3.05, 3.63) is 23.8 Å². The first-order chi connectivity index (χ1) is 7.50. The predicted octanol–water partition coefficient (Wildman–Crippen LogP) is 3.29. The molecule has 0 unspecified atom stereocenters. The lowest BCUT2D eigenvalue weighted by molar-refractivity contribution is -0.137. The summed E-state index contributed by atoms with van der Waals surface area (Å²) < 4.78 is 43.0. The molecule has 0 aliphatic heterocycles. The van der Waals surface area contributed by atoms with E-state index in [1.54, 1.807) is 0 Å². The van der Waals surface area contributed by atoms with Gasteiger partial charge in [-0.05, 0) is 31.0 Å². The monoisotopic (exact) mass is 231 g/mol. The topological polar surface area (TPSA) is 21.3 Å². The number of benzene rings is 1. The highest BCUT2D eigenvalue weighted by molar-refractivity contribution is 5.56. The molecule has 1 aromatic carbocycles. The van der Waals surface area contributed by atoms with Gasteiger partial charge in [0.15, 0.2) is 0 Å². The highest BCUT2D eigenvalue weighted by atomic mass is 19.4. The number of hydrogen-bond acceptors (Lipinski definition) is 2. The second-order valence-corrected chi connectivity index (χ2v) is 3.83. The normalized spacial score (nSPS) is 16.0. The minimum absolute atomic E-state index is 0.135. The van der Waals surface area contributed by atoms with Crippen LogP contribution in [0.25, 0.3) is 0 Å². The zero-order chi connectivity index (χ0) is 11.8. The van der Waals surface area contributed by atoms with Crippen LogP contribution in [0.15, 0.2) is 18.2 Å². The Balaban J connectivity index is 2.33. The fourth-order valence-electron chi connectivity index (χ4n) is 1.46. The molecule has 0 atom stereocenters. The molecule has 0 amide bonds. The van der Waals surface area contributed by atoms with E-state index in [-0.39, 0.29) is 17.5 Å². The Kier molecular flexibility index (Phi) is 2.69. The fraction of sp³-hybridized carbons (Fsp3) is 0.455. The van der Waals surface area contributed by atoms with Gasteiger partial charge >= 0.3 is 6.18 Å². The van der Waals surface area contributed by atoms with Gasteiger partial charge in [0.25, 0.3) is 0 Å². The summed E-state index contributed by atoms with van der Waals surface area (Å²) in [4.78, 5) is 0. The van der Waals surface area contributed by atoms with Crippen LogP contribution in [-0.2, 0) is 6.18 Å². The third-order valence-electron chi connectivity index (χ3n) is 2.47. The lowest BCUT2D eigenvalue weighted by Crippen LogP contribution is -2.12. The first kappa shape index (κ1) is 11.1. The molecule has 1 aliphatic carbocycles.